The Morgan fingerprint density at radius 2 is 1.10 bits per heavy atom. The minimum atomic E-state index is -5.54. The van der Waals surface area contributed by atoms with E-state index in [2.05, 4.69) is 52.6 Å². The highest BCUT2D eigenvalue weighted by Crippen LogP contribution is 2.49. The molecule has 0 radical (unpaired) electrons. The number of phenols is 1. The molecule has 0 aliphatic heterocycles. The van der Waals surface area contributed by atoms with Crippen LogP contribution in [0.4, 0.5) is 51.7 Å². The summed E-state index contributed by atoms with van der Waals surface area (Å²) in [7, 11) is -30.5. The molecule has 28 nitrogen and oxygen atoms in total. The average molecular weight is 1130 g/mol. The van der Waals surface area contributed by atoms with Crippen LogP contribution >= 0.6 is 11.6 Å². The molecule has 0 aliphatic carbocycles. The number of aromatic nitrogens is 3. The van der Waals surface area contributed by atoms with E-state index in [9.17, 15) is 78.4 Å². The number of phenolic OH excluding ortho intramolecular Hbond substituents is 1. The van der Waals surface area contributed by atoms with Gasteiger partial charge in [0.2, 0.25) is 17.2 Å². The third-order valence-corrected chi connectivity index (χ3v) is 15.6. The molecule has 0 bridgehead atoms. The summed E-state index contributed by atoms with van der Waals surface area (Å²) in [4.78, 5) is 6.26. The third kappa shape index (κ3) is 11.0. The Morgan fingerprint density at radius 1 is 0.556 bits per heavy atom. The van der Waals surface area contributed by atoms with Gasteiger partial charge in [-0.1, -0.05) is 30.8 Å². The number of nitrogens with two attached hydrogens (primary N) is 1. The Morgan fingerprint density at radius 3 is 1.67 bits per heavy atom. The van der Waals surface area contributed by atoms with E-state index in [0.29, 0.717) is 12.1 Å². The van der Waals surface area contributed by atoms with Gasteiger partial charge in [0.15, 0.2) is 15.6 Å². The van der Waals surface area contributed by atoms with Crippen molar-refractivity contribution < 1.29 is 78.4 Å². The van der Waals surface area contributed by atoms with Crippen molar-refractivity contribution in [1.29, 1.82) is 0 Å². The van der Waals surface area contributed by atoms with Crippen LogP contribution in [0.25, 0.3) is 21.5 Å². The van der Waals surface area contributed by atoms with Crippen LogP contribution in [0.3, 0.4) is 0 Å². The Hall–Kier alpha value is -7.22. The number of aromatic hydroxyl groups is 1. The second-order valence-electron chi connectivity index (χ2n) is 14.3. The van der Waals surface area contributed by atoms with Crippen LogP contribution in [-0.4, -0.2) is 93.3 Å². The van der Waals surface area contributed by atoms with Crippen LogP contribution < -0.4 is 16.4 Å². The SMILES string of the molecule is C=CS(=O)(=O)c1cccc(Nc2nc(Cl)nc(Nc3ccc(S(=O)(=O)O)c(N=Nc4c(S(=O)(=O)O)cc5cc(S(=O)(=O)O)c(N=Nc6ccc7c(S(=O)(=O)O)cccc7c6S(=O)(=O)O)c(O)c5c4N)c3)n2)c1. The highest BCUT2D eigenvalue weighted by molar-refractivity contribution is 7.94. The number of azo groups is 2. The van der Waals surface area contributed by atoms with Crippen molar-refractivity contribution in [3.8, 4) is 5.75 Å². The van der Waals surface area contributed by atoms with E-state index in [-0.39, 0.29) is 28.2 Å². The van der Waals surface area contributed by atoms with E-state index in [0.717, 1.165) is 53.9 Å². The molecule has 0 saturated carbocycles. The molecule has 72 heavy (non-hydrogen) atoms. The molecular formula is C37H27ClN10O18S6. The van der Waals surface area contributed by atoms with Gasteiger partial charge in [0.1, 0.15) is 47.2 Å². The summed E-state index contributed by atoms with van der Waals surface area (Å²) in [6.45, 7) is 3.27. The number of halogens is 1. The van der Waals surface area contributed by atoms with E-state index < -0.39 is 146 Å². The van der Waals surface area contributed by atoms with Crippen molar-refractivity contribution in [3.05, 3.63) is 102 Å². The summed E-state index contributed by atoms with van der Waals surface area (Å²) in [5, 5.41) is 29.4. The highest BCUT2D eigenvalue weighted by Gasteiger charge is 2.30. The van der Waals surface area contributed by atoms with Crippen LogP contribution in [0.1, 0.15) is 0 Å². The first-order valence-electron chi connectivity index (χ1n) is 18.7. The number of hydrogen-bond donors (Lipinski definition) is 9. The third-order valence-electron chi connectivity index (χ3n) is 9.61. The van der Waals surface area contributed by atoms with Crippen molar-refractivity contribution in [2.75, 3.05) is 16.4 Å². The Balaban J connectivity index is 1.35. The molecule has 7 aromatic rings. The molecule has 35 heteroatoms. The van der Waals surface area contributed by atoms with Crippen molar-refractivity contribution in [3.63, 3.8) is 0 Å². The number of nitrogen functional groups attached to an aromatic ring is 1. The molecule has 6 aromatic carbocycles. The Labute approximate surface area is 410 Å². The predicted molar refractivity (Wildman–Crippen MR) is 253 cm³/mol. The quantitative estimate of drug-likeness (QED) is 0.0297. The standard InChI is InChI=1S/C37H27ClN10O18S6/c1-2-67(50,51)20-6-3-5-18(15-20)40-36-42-35(38)43-37(44-36)41-19-9-12-26(69(55,56)57)24(16-19)46-47-31-27(70(58,59)60)13-17-14-28(71(61,62)63)32(33(49)29(17)30(31)39)48-45-23-11-10-21-22(34(23)72(64,65)66)7-4-8-25(21)68(52,53)54/h2-16,49H,1,39H2,(H,52,53,54)(H,55,56,57)(H,58,59,60)(H,61,62,63)(H,64,65,66)(H2,40,41,42,43,44). The van der Waals surface area contributed by atoms with Gasteiger partial charge in [-0.3, -0.25) is 22.8 Å². The van der Waals surface area contributed by atoms with Crippen LogP contribution in [0.2, 0.25) is 5.28 Å². The van der Waals surface area contributed by atoms with Gasteiger partial charge in [0, 0.05) is 27.6 Å². The molecule has 0 spiro atoms. The van der Waals surface area contributed by atoms with Crippen molar-refractivity contribution in [1.82, 2.24) is 15.0 Å². The molecular weight excluding hydrogens is 1100 g/mol. The topological polar surface area (TPSA) is 464 Å². The van der Waals surface area contributed by atoms with Gasteiger partial charge in [0.25, 0.3) is 50.6 Å². The normalized spacial score (nSPS) is 13.0. The molecule has 0 atom stereocenters. The number of benzene rings is 6. The van der Waals surface area contributed by atoms with Gasteiger partial charge in [-0.25, -0.2) is 8.42 Å². The molecule has 10 N–H and O–H groups in total. The van der Waals surface area contributed by atoms with Crippen LogP contribution in [0.5, 0.6) is 5.75 Å². The fourth-order valence-electron chi connectivity index (χ4n) is 6.64. The molecule has 1 aromatic heterocycles. The van der Waals surface area contributed by atoms with Gasteiger partial charge in [-0.15, -0.1) is 20.5 Å². The summed E-state index contributed by atoms with van der Waals surface area (Å²) in [5.41, 5.74) is 1.33. The minimum Gasteiger partial charge on any atom is -0.505 e. The zero-order valence-corrected chi connectivity index (χ0v) is 40.6. The number of fused-ring (bicyclic) bond motifs is 2. The maximum atomic E-state index is 12.8. The lowest BCUT2D eigenvalue weighted by atomic mass is 10.1. The van der Waals surface area contributed by atoms with Crippen molar-refractivity contribution >= 4 is 145 Å². The second-order valence-corrected chi connectivity index (χ2v) is 23.4. The number of nitrogens with zero attached hydrogens (tertiary/aromatic N) is 7. The Bertz CT molecular complexity index is 4280. The van der Waals surface area contributed by atoms with E-state index in [1.54, 1.807) is 0 Å². The molecule has 0 fully saturated rings. The zero-order valence-electron chi connectivity index (χ0n) is 35.0. The molecule has 0 saturated heterocycles. The molecule has 7 rings (SSSR count). The first-order chi connectivity index (χ1) is 33.3. The second kappa shape index (κ2) is 18.8. The summed E-state index contributed by atoms with van der Waals surface area (Å²) in [6.07, 6.45) is 0. The molecule has 1 heterocycles. The highest BCUT2D eigenvalue weighted by atomic mass is 35.5. The van der Waals surface area contributed by atoms with Gasteiger partial charge >= 0.3 is 0 Å². The van der Waals surface area contributed by atoms with Gasteiger partial charge in [-0.2, -0.15) is 57.0 Å². The summed E-state index contributed by atoms with van der Waals surface area (Å²) >= 11 is 6.10. The average Bonchev–Trinajstić information content (AvgIpc) is 3.25. The molecule has 0 unspecified atom stereocenters. The number of rotatable bonds is 15. The van der Waals surface area contributed by atoms with E-state index in [1.807, 2.05) is 0 Å². The first kappa shape index (κ1) is 52.6. The number of sulfone groups is 1. The van der Waals surface area contributed by atoms with Gasteiger partial charge in [-0.05, 0) is 77.7 Å². The number of nitrogens with one attached hydrogen (secondary N) is 2. The number of anilines is 5. The summed E-state index contributed by atoms with van der Waals surface area (Å²) in [6, 6.07) is 13.6. The fourth-order valence-corrected chi connectivity index (χ4v) is 11.0. The monoisotopic (exact) mass is 1130 g/mol. The van der Waals surface area contributed by atoms with Crippen LogP contribution in [0, 0.1) is 0 Å². The lowest BCUT2D eigenvalue weighted by Crippen LogP contribution is -2.05. The fraction of sp³-hybridized carbons (Fsp3) is 0. The van der Waals surface area contributed by atoms with E-state index in [1.165, 1.54) is 24.3 Å². The van der Waals surface area contributed by atoms with Crippen molar-refractivity contribution in [2.45, 2.75) is 29.4 Å². The van der Waals surface area contributed by atoms with Gasteiger partial charge < -0.3 is 21.5 Å². The van der Waals surface area contributed by atoms with E-state index in [4.69, 9.17) is 17.3 Å². The molecule has 0 aliphatic rings. The minimum absolute atomic E-state index is 0.133. The maximum Gasteiger partial charge on any atom is 0.297 e. The number of hydrogen-bond acceptors (Lipinski definition) is 23. The largest absolute Gasteiger partial charge is 0.505 e. The molecule has 376 valence electrons. The smallest absolute Gasteiger partial charge is 0.297 e. The van der Waals surface area contributed by atoms with Crippen molar-refractivity contribution in [2.24, 2.45) is 20.5 Å². The summed E-state index contributed by atoms with van der Waals surface area (Å²) in [5.74, 6) is -1.95. The van der Waals surface area contributed by atoms with Gasteiger partial charge in [0.05, 0.1) is 16.0 Å². The van der Waals surface area contributed by atoms with Crippen LogP contribution in [0.15, 0.2) is 147 Å². The molecule has 0 amide bonds. The van der Waals surface area contributed by atoms with Crippen LogP contribution in [-0.2, 0) is 60.4 Å². The van der Waals surface area contributed by atoms with E-state index >= 15 is 0 Å². The lowest BCUT2D eigenvalue weighted by Gasteiger charge is -2.14. The summed E-state index contributed by atoms with van der Waals surface area (Å²) < 4.78 is 200. The Kier molecular flexibility index (Phi) is 13.7. The zero-order chi connectivity index (χ0) is 53.1. The predicted octanol–water partition coefficient (Wildman–Crippen LogP) is 6.59. The maximum absolute atomic E-state index is 12.8. The lowest BCUT2D eigenvalue weighted by molar-refractivity contribution is 0.472. The first-order valence-corrected chi connectivity index (χ1v) is 27.9.